The van der Waals surface area contributed by atoms with E-state index >= 15 is 0 Å². The fourth-order valence-electron chi connectivity index (χ4n) is 3.43. The molecule has 6 heteroatoms. The molecule has 1 atom stereocenters. The zero-order valence-electron chi connectivity index (χ0n) is 18.8. The number of benzene rings is 2. The Labute approximate surface area is 184 Å². The van der Waals surface area contributed by atoms with Crippen LogP contribution in [0.2, 0.25) is 0 Å². The molecule has 31 heavy (non-hydrogen) atoms. The van der Waals surface area contributed by atoms with Gasteiger partial charge in [0.25, 0.3) is 6.01 Å². The molecule has 0 saturated carbocycles. The summed E-state index contributed by atoms with van der Waals surface area (Å²) in [5.74, 6) is 1.12. The number of esters is 1. The highest BCUT2D eigenvalue weighted by atomic mass is 16.5. The molecule has 2 aromatic carbocycles. The predicted molar refractivity (Wildman–Crippen MR) is 122 cm³/mol. The van der Waals surface area contributed by atoms with Gasteiger partial charge in [-0.2, -0.15) is 4.98 Å². The summed E-state index contributed by atoms with van der Waals surface area (Å²) < 4.78 is 16.6. The summed E-state index contributed by atoms with van der Waals surface area (Å²) in [6.07, 6.45) is 2.53. The number of methoxy groups -OCH3 is 1. The number of ether oxygens (including phenoxy) is 2. The van der Waals surface area contributed by atoms with Gasteiger partial charge in [0, 0.05) is 7.05 Å². The molecule has 0 aliphatic carbocycles. The number of carbonyl (C=O) groups excluding carboxylic acids is 1. The van der Waals surface area contributed by atoms with E-state index in [1.54, 1.807) is 0 Å². The minimum absolute atomic E-state index is 0.107. The third-order valence-electron chi connectivity index (χ3n) is 5.34. The number of rotatable bonds is 11. The van der Waals surface area contributed by atoms with Crippen LogP contribution in [0.25, 0.3) is 11.1 Å². The normalized spacial score (nSPS) is 12.2. The highest BCUT2D eigenvalue weighted by Crippen LogP contribution is 2.22. The molecule has 166 valence electrons. The van der Waals surface area contributed by atoms with E-state index < -0.39 is 0 Å². The van der Waals surface area contributed by atoms with Crippen LogP contribution in [0.15, 0.2) is 52.9 Å². The third kappa shape index (κ3) is 6.48. The molecule has 0 saturated heterocycles. The quantitative estimate of drug-likeness (QED) is 0.399. The summed E-state index contributed by atoms with van der Waals surface area (Å²) in [5, 5.41) is 0. The molecule has 0 amide bonds. The number of hydrogen-bond donors (Lipinski definition) is 0. The minimum atomic E-state index is -0.136. The molecule has 1 heterocycles. The zero-order valence-corrected chi connectivity index (χ0v) is 18.8. The lowest BCUT2D eigenvalue weighted by atomic mass is 9.92. The van der Waals surface area contributed by atoms with Crippen molar-refractivity contribution in [3.63, 3.8) is 0 Å². The number of carbonyl (C=O) groups is 1. The Morgan fingerprint density at radius 1 is 1.10 bits per heavy atom. The van der Waals surface area contributed by atoms with Gasteiger partial charge in [-0.15, -0.1) is 0 Å². The van der Waals surface area contributed by atoms with E-state index in [4.69, 9.17) is 13.9 Å². The van der Waals surface area contributed by atoms with Crippen LogP contribution in [-0.2, 0) is 16.0 Å². The first kappa shape index (κ1) is 22.7. The molecule has 0 fully saturated rings. The molecule has 6 nitrogen and oxygen atoms in total. The van der Waals surface area contributed by atoms with Gasteiger partial charge in [-0.05, 0) is 48.6 Å². The molecular weight excluding hydrogens is 392 g/mol. The van der Waals surface area contributed by atoms with Crippen molar-refractivity contribution in [3.05, 3.63) is 54.1 Å². The molecule has 1 unspecified atom stereocenters. The number of para-hydroxylation sites is 2. The fourth-order valence-corrected chi connectivity index (χ4v) is 3.43. The van der Waals surface area contributed by atoms with Crippen LogP contribution in [0.5, 0.6) is 5.75 Å². The van der Waals surface area contributed by atoms with Gasteiger partial charge in [0.1, 0.15) is 17.9 Å². The number of anilines is 1. The molecule has 0 spiro atoms. The second kappa shape index (κ2) is 10.8. The Bertz CT molecular complexity index is 932. The van der Waals surface area contributed by atoms with E-state index in [1.165, 1.54) is 7.11 Å². The lowest BCUT2D eigenvalue weighted by Gasteiger charge is -2.17. The first-order valence-corrected chi connectivity index (χ1v) is 10.8. The van der Waals surface area contributed by atoms with Gasteiger partial charge in [-0.25, -0.2) is 0 Å². The second-order valence-corrected chi connectivity index (χ2v) is 8.27. The highest BCUT2D eigenvalue weighted by Gasteiger charge is 2.20. The summed E-state index contributed by atoms with van der Waals surface area (Å²) in [4.78, 5) is 18.5. The van der Waals surface area contributed by atoms with E-state index in [-0.39, 0.29) is 11.9 Å². The van der Waals surface area contributed by atoms with Crippen LogP contribution in [0.4, 0.5) is 6.01 Å². The zero-order chi connectivity index (χ0) is 22.2. The Morgan fingerprint density at radius 2 is 1.84 bits per heavy atom. The Balaban J connectivity index is 1.49. The first-order chi connectivity index (χ1) is 15.0. The van der Waals surface area contributed by atoms with Gasteiger partial charge in [0.15, 0.2) is 5.58 Å². The number of hydrogen-bond acceptors (Lipinski definition) is 6. The lowest BCUT2D eigenvalue weighted by Crippen LogP contribution is -2.24. The molecule has 0 aliphatic heterocycles. The van der Waals surface area contributed by atoms with Gasteiger partial charge in [-0.3, -0.25) is 4.79 Å². The van der Waals surface area contributed by atoms with Gasteiger partial charge < -0.3 is 18.8 Å². The van der Waals surface area contributed by atoms with Crippen molar-refractivity contribution in [1.82, 2.24) is 4.98 Å². The van der Waals surface area contributed by atoms with Crippen molar-refractivity contribution in [3.8, 4) is 5.75 Å². The smallest absolute Gasteiger partial charge is 0.308 e. The maximum absolute atomic E-state index is 12.1. The average Bonchev–Trinajstić information content (AvgIpc) is 3.21. The molecule has 1 aromatic heterocycles. The number of fused-ring (bicyclic) bond motifs is 1. The maximum Gasteiger partial charge on any atom is 0.308 e. The van der Waals surface area contributed by atoms with Crippen LogP contribution in [-0.4, -0.2) is 38.3 Å². The fraction of sp³-hybridized carbons (Fsp3) is 0.440. The van der Waals surface area contributed by atoms with Gasteiger partial charge in [0.2, 0.25) is 0 Å². The lowest BCUT2D eigenvalue weighted by molar-refractivity contribution is -0.145. The molecule has 0 radical (unpaired) electrons. The van der Waals surface area contributed by atoms with Crippen molar-refractivity contribution < 1.29 is 18.7 Å². The minimum Gasteiger partial charge on any atom is -0.492 e. The summed E-state index contributed by atoms with van der Waals surface area (Å²) in [6, 6.07) is 16.2. The standard InChI is InChI=1S/C25H32N2O4/c1-18(2)9-12-20(24(28)29-4)17-19-10-13-21(14-11-19)30-16-15-27(3)25-26-22-7-5-6-8-23(22)31-25/h5-8,10-11,13-14,18,20H,9,12,15-17H2,1-4H3. The van der Waals surface area contributed by atoms with Crippen molar-refractivity contribution in [2.45, 2.75) is 33.1 Å². The average molecular weight is 425 g/mol. The second-order valence-electron chi connectivity index (χ2n) is 8.27. The number of nitrogens with zero attached hydrogens (tertiary/aromatic N) is 2. The van der Waals surface area contributed by atoms with Crippen LogP contribution < -0.4 is 9.64 Å². The number of aromatic nitrogens is 1. The van der Waals surface area contributed by atoms with Crippen molar-refractivity contribution in [1.29, 1.82) is 0 Å². The monoisotopic (exact) mass is 424 g/mol. The van der Waals surface area contributed by atoms with Crippen LogP contribution in [0.3, 0.4) is 0 Å². The highest BCUT2D eigenvalue weighted by molar-refractivity contribution is 5.74. The Morgan fingerprint density at radius 3 is 2.52 bits per heavy atom. The van der Waals surface area contributed by atoms with Crippen LogP contribution in [0.1, 0.15) is 32.3 Å². The van der Waals surface area contributed by atoms with E-state index in [1.807, 2.05) is 60.5 Å². The van der Waals surface area contributed by atoms with Crippen LogP contribution in [0, 0.1) is 11.8 Å². The Kier molecular flexibility index (Phi) is 7.93. The number of oxazole rings is 1. The Hall–Kier alpha value is -3.02. The maximum atomic E-state index is 12.1. The molecule has 0 aliphatic rings. The number of likely N-dealkylation sites (N-methyl/N-ethyl adjacent to an activating group) is 1. The summed E-state index contributed by atoms with van der Waals surface area (Å²) >= 11 is 0. The van der Waals surface area contributed by atoms with Gasteiger partial charge >= 0.3 is 5.97 Å². The summed E-state index contributed by atoms with van der Waals surface area (Å²) in [5.41, 5.74) is 2.73. The van der Waals surface area contributed by atoms with E-state index in [0.717, 1.165) is 35.3 Å². The van der Waals surface area contributed by atoms with Crippen molar-refractivity contribution >= 4 is 23.1 Å². The van der Waals surface area contributed by atoms with Crippen molar-refractivity contribution in [2.24, 2.45) is 11.8 Å². The molecule has 0 N–H and O–H groups in total. The summed E-state index contributed by atoms with van der Waals surface area (Å²) in [7, 11) is 3.39. The molecule has 0 bridgehead atoms. The molecule has 3 aromatic rings. The van der Waals surface area contributed by atoms with E-state index in [2.05, 4.69) is 18.8 Å². The predicted octanol–water partition coefficient (Wildman–Crippen LogP) is 5.11. The third-order valence-corrected chi connectivity index (χ3v) is 5.34. The van der Waals surface area contributed by atoms with E-state index in [0.29, 0.717) is 31.5 Å². The van der Waals surface area contributed by atoms with Crippen molar-refractivity contribution in [2.75, 3.05) is 32.2 Å². The molecule has 3 rings (SSSR count). The van der Waals surface area contributed by atoms with E-state index in [9.17, 15) is 4.79 Å². The van der Waals surface area contributed by atoms with Crippen LogP contribution >= 0.6 is 0 Å². The molecular formula is C25H32N2O4. The SMILES string of the molecule is COC(=O)C(CCC(C)C)Cc1ccc(OCCN(C)c2nc3ccccc3o2)cc1. The largest absolute Gasteiger partial charge is 0.492 e. The van der Waals surface area contributed by atoms with Gasteiger partial charge in [0.05, 0.1) is 19.6 Å². The summed E-state index contributed by atoms with van der Waals surface area (Å²) in [6.45, 7) is 5.49. The topological polar surface area (TPSA) is 64.8 Å². The first-order valence-electron chi connectivity index (χ1n) is 10.8. The van der Waals surface area contributed by atoms with Gasteiger partial charge in [-0.1, -0.05) is 44.5 Å².